The number of hydrogen-bond donors (Lipinski definition) is 1. The van der Waals surface area contributed by atoms with Crippen LogP contribution in [0.15, 0.2) is 42.5 Å². The monoisotopic (exact) mass is 231 g/mol. The first-order chi connectivity index (χ1) is 8.17. The predicted octanol–water partition coefficient (Wildman–Crippen LogP) is 2.64. The van der Waals surface area contributed by atoms with Crippen molar-refractivity contribution in [1.29, 1.82) is 0 Å². The Morgan fingerprint density at radius 3 is 2.41 bits per heavy atom. The van der Waals surface area contributed by atoms with Gasteiger partial charge >= 0.3 is 0 Å². The fourth-order valence-corrected chi connectivity index (χ4v) is 2.76. The van der Waals surface area contributed by atoms with Crippen molar-refractivity contribution in [2.45, 2.75) is 31.2 Å². The van der Waals surface area contributed by atoms with Crippen molar-refractivity contribution < 1.29 is 4.74 Å². The van der Waals surface area contributed by atoms with Crippen LogP contribution in [0.5, 0.6) is 0 Å². The van der Waals surface area contributed by atoms with Crippen LogP contribution < -0.4 is 5.73 Å². The van der Waals surface area contributed by atoms with E-state index in [1.165, 1.54) is 5.56 Å². The van der Waals surface area contributed by atoms with E-state index in [-0.39, 0.29) is 11.5 Å². The van der Waals surface area contributed by atoms with Crippen molar-refractivity contribution >= 4 is 0 Å². The SMILES string of the molecule is C=C(C)C(N)C1(c2ccccc2)CCOCC1. The molecule has 1 aromatic carbocycles. The Morgan fingerprint density at radius 2 is 1.88 bits per heavy atom. The minimum absolute atomic E-state index is 0.00530. The molecule has 0 amide bonds. The summed E-state index contributed by atoms with van der Waals surface area (Å²) in [6.07, 6.45) is 1.95. The van der Waals surface area contributed by atoms with Crippen LogP contribution in [0.2, 0.25) is 0 Å². The van der Waals surface area contributed by atoms with Gasteiger partial charge in [-0.3, -0.25) is 0 Å². The number of rotatable bonds is 3. The number of nitrogens with two attached hydrogens (primary N) is 1. The third kappa shape index (κ3) is 2.28. The van der Waals surface area contributed by atoms with Gasteiger partial charge < -0.3 is 10.5 Å². The highest BCUT2D eigenvalue weighted by molar-refractivity contribution is 5.32. The molecular formula is C15H21NO. The van der Waals surface area contributed by atoms with Crippen LogP contribution in [0, 0.1) is 0 Å². The molecule has 1 unspecified atom stereocenters. The highest BCUT2D eigenvalue weighted by Gasteiger charge is 2.40. The molecular weight excluding hydrogens is 210 g/mol. The minimum atomic E-state index is 0.00530. The van der Waals surface area contributed by atoms with E-state index < -0.39 is 0 Å². The van der Waals surface area contributed by atoms with E-state index in [4.69, 9.17) is 10.5 Å². The number of hydrogen-bond acceptors (Lipinski definition) is 2. The van der Waals surface area contributed by atoms with E-state index in [2.05, 4.69) is 30.8 Å². The standard InChI is InChI=1S/C15H21NO/c1-12(2)14(16)15(8-10-17-11-9-15)13-6-4-3-5-7-13/h3-7,14H,1,8-11,16H2,2H3. The van der Waals surface area contributed by atoms with Crippen LogP contribution in [-0.2, 0) is 10.2 Å². The predicted molar refractivity (Wildman–Crippen MR) is 71.0 cm³/mol. The molecule has 17 heavy (non-hydrogen) atoms. The Hall–Kier alpha value is -1.12. The van der Waals surface area contributed by atoms with Crippen molar-refractivity contribution in [3.05, 3.63) is 48.0 Å². The lowest BCUT2D eigenvalue weighted by molar-refractivity contribution is 0.0443. The van der Waals surface area contributed by atoms with Crippen molar-refractivity contribution in [2.24, 2.45) is 5.73 Å². The van der Waals surface area contributed by atoms with E-state index in [0.717, 1.165) is 31.6 Å². The largest absolute Gasteiger partial charge is 0.381 e. The molecule has 1 aliphatic heterocycles. The first-order valence-corrected chi connectivity index (χ1v) is 6.21. The van der Waals surface area contributed by atoms with Gasteiger partial charge in [0.05, 0.1) is 0 Å². The van der Waals surface area contributed by atoms with Crippen LogP contribution >= 0.6 is 0 Å². The summed E-state index contributed by atoms with van der Waals surface area (Å²) < 4.78 is 5.49. The average Bonchev–Trinajstić information content (AvgIpc) is 2.39. The molecule has 0 saturated carbocycles. The van der Waals surface area contributed by atoms with Crippen LogP contribution in [0.1, 0.15) is 25.3 Å². The molecule has 1 heterocycles. The highest BCUT2D eigenvalue weighted by Crippen LogP contribution is 2.39. The lowest BCUT2D eigenvalue weighted by Crippen LogP contribution is -2.49. The molecule has 2 rings (SSSR count). The first kappa shape index (κ1) is 12.3. The smallest absolute Gasteiger partial charge is 0.0475 e. The molecule has 1 atom stereocenters. The van der Waals surface area contributed by atoms with Crippen molar-refractivity contribution in [3.63, 3.8) is 0 Å². The summed E-state index contributed by atoms with van der Waals surface area (Å²) >= 11 is 0. The van der Waals surface area contributed by atoms with Gasteiger partial charge in [-0.25, -0.2) is 0 Å². The molecule has 2 nitrogen and oxygen atoms in total. The third-order valence-corrected chi connectivity index (χ3v) is 3.86. The second kappa shape index (κ2) is 5.03. The zero-order chi connectivity index (χ0) is 12.3. The van der Waals surface area contributed by atoms with Crippen LogP contribution in [0.25, 0.3) is 0 Å². The van der Waals surface area contributed by atoms with E-state index in [9.17, 15) is 0 Å². The Labute approximate surface area is 103 Å². The maximum absolute atomic E-state index is 6.40. The van der Waals surface area contributed by atoms with Gasteiger partial charge in [0.1, 0.15) is 0 Å². The average molecular weight is 231 g/mol. The van der Waals surface area contributed by atoms with E-state index in [0.29, 0.717) is 0 Å². The topological polar surface area (TPSA) is 35.2 Å². The van der Waals surface area contributed by atoms with Gasteiger partial charge in [-0.15, -0.1) is 0 Å². The summed E-state index contributed by atoms with van der Waals surface area (Å²) in [6.45, 7) is 7.63. The van der Waals surface area contributed by atoms with Gasteiger partial charge in [-0.2, -0.15) is 0 Å². The Balaban J connectivity index is 2.39. The van der Waals surface area contributed by atoms with E-state index in [1.54, 1.807) is 0 Å². The summed E-state index contributed by atoms with van der Waals surface area (Å²) in [6, 6.07) is 10.6. The van der Waals surface area contributed by atoms with Crippen LogP contribution in [-0.4, -0.2) is 19.3 Å². The highest BCUT2D eigenvalue weighted by atomic mass is 16.5. The lowest BCUT2D eigenvalue weighted by atomic mass is 9.67. The van der Waals surface area contributed by atoms with Gasteiger partial charge in [-0.1, -0.05) is 42.5 Å². The molecule has 2 N–H and O–H groups in total. The normalized spacial score (nSPS) is 20.8. The third-order valence-electron chi connectivity index (χ3n) is 3.86. The molecule has 0 radical (unpaired) electrons. The molecule has 1 aromatic rings. The molecule has 92 valence electrons. The molecule has 0 bridgehead atoms. The molecule has 1 fully saturated rings. The summed E-state index contributed by atoms with van der Waals surface area (Å²) in [5.41, 5.74) is 8.78. The zero-order valence-electron chi connectivity index (χ0n) is 10.5. The molecule has 1 saturated heterocycles. The van der Waals surface area contributed by atoms with Crippen molar-refractivity contribution in [2.75, 3.05) is 13.2 Å². The maximum atomic E-state index is 6.40. The van der Waals surface area contributed by atoms with Gasteiger partial charge in [0.15, 0.2) is 0 Å². The quantitative estimate of drug-likeness (QED) is 0.812. The molecule has 0 aliphatic carbocycles. The van der Waals surface area contributed by atoms with Crippen LogP contribution in [0.4, 0.5) is 0 Å². The summed E-state index contributed by atoms with van der Waals surface area (Å²) in [4.78, 5) is 0. The Morgan fingerprint density at radius 1 is 1.29 bits per heavy atom. The van der Waals surface area contributed by atoms with Gasteiger partial charge in [-0.05, 0) is 25.3 Å². The Kier molecular flexibility index (Phi) is 3.65. The van der Waals surface area contributed by atoms with Gasteiger partial charge in [0.25, 0.3) is 0 Å². The Bertz CT molecular complexity index is 379. The maximum Gasteiger partial charge on any atom is 0.0475 e. The molecule has 2 heteroatoms. The number of benzene rings is 1. The first-order valence-electron chi connectivity index (χ1n) is 6.21. The molecule has 0 spiro atoms. The van der Waals surface area contributed by atoms with Gasteiger partial charge in [0.2, 0.25) is 0 Å². The van der Waals surface area contributed by atoms with E-state index in [1.807, 2.05) is 13.0 Å². The van der Waals surface area contributed by atoms with Crippen molar-refractivity contribution in [3.8, 4) is 0 Å². The second-order valence-electron chi connectivity index (χ2n) is 4.96. The van der Waals surface area contributed by atoms with E-state index >= 15 is 0 Å². The molecule has 1 aliphatic rings. The van der Waals surface area contributed by atoms with Crippen molar-refractivity contribution in [1.82, 2.24) is 0 Å². The zero-order valence-corrected chi connectivity index (χ0v) is 10.5. The number of ether oxygens (including phenoxy) is 1. The van der Waals surface area contributed by atoms with Crippen LogP contribution in [0.3, 0.4) is 0 Å². The summed E-state index contributed by atoms with van der Waals surface area (Å²) in [7, 11) is 0. The summed E-state index contributed by atoms with van der Waals surface area (Å²) in [5.74, 6) is 0. The minimum Gasteiger partial charge on any atom is -0.381 e. The fourth-order valence-electron chi connectivity index (χ4n) is 2.76. The lowest BCUT2D eigenvalue weighted by Gasteiger charge is -2.42. The van der Waals surface area contributed by atoms with Gasteiger partial charge in [0, 0.05) is 24.7 Å². The second-order valence-corrected chi connectivity index (χ2v) is 4.96. The molecule has 0 aromatic heterocycles. The fraction of sp³-hybridized carbons (Fsp3) is 0.467. The summed E-state index contributed by atoms with van der Waals surface area (Å²) in [5, 5.41) is 0.